The third kappa shape index (κ3) is 3.61. The van der Waals surface area contributed by atoms with Gasteiger partial charge in [-0.05, 0) is 48.7 Å². The Kier molecular flexibility index (Phi) is 4.79. The summed E-state index contributed by atoms with van der Waals surface area (Å²) in [6, 6.07) is 13.5. The van der Waals surface area contributed by atoms with Crippen molar-refractivity contribution in [2.45, 2.75) is 18.2 Å². The highest BCUT2D eigenvalue weighted by molar-refractivity contribution is 7.85. The SMILES string of the molecule is COc1ccc(CCS(=O)c2cc(C)ccc2N)cc1. The molecule has 0 radical (unpaired) electrons. The summed E-state index contributed by atoms with van der Waals surface area (Å²) in [4.78, 5) is 0.735. The van der Waals surface area contributed by atoms with Crippen molar-refractivity contribution in [3.05, 3.63) is 53.6 Å². The Morgan fingerprint density at radius 1 is 1.15 bits per heavy atom. The van der Waals surface area contributed by atoms with Crippen molar-refractivity contribution in [2.75, 3.05) is 18.6 Å². The zero-order chi connectivity index (χ0) is 14.5. The highest BCUT2D eigenvalue weighted by Crippen LogP contribution is 2.19. The minimum Gasteiger partial charge on any atom is -0.497 e. The molecule has 1 unspecified atom stereocenters. The summed E-state index contributed by atoms with van der Waals surface area (Å²) in [5, 5.41) is 0. The first kappa shape index (κ1) is 14.6. The molecule has 106 valence electrons. The van der Waals surface area contributed by atoms with Crippen LogP contribution in [0, 0.1) is 6.92 Å². The molecule has 2 rings (SSSR count). The lowest BCUT2D eigenvalue weighted by Crippen LogP contribution is -2.05. The van der Waals surface area contributed by atoms with E-state index >= 15 is 0 Å². The van der Waals surface area contributed by atoms with Crippen molar-refractivity contribution in [2.24, 2.45) is 0 Å². The van der Waals surface area contributed by atoms with Crippen LogP contribution in [-0.4, -0.2) is 17.1 Å². The number of anilines is 1. The molecule has 0 bridgehead atoms. The maximum absolute atomic E-state index is 12.3. The molecule has 20 heavy (non-hydrogen) atoms. The molecule has 0 amide bonds. The van der Waals surface area contributed by atoms with Gasteiger partial charge >= 0.3 is 0 Å². The number of benzene rings is 2. The summed E-state index contributed by atoms with van der Waals surface area (Å²) in [6.07, 6.45) is 0.754. The Labute approximate surface area is 122 Å². The second kappa shape index (κ2) is 6.57. The number of ether oxygens (including phenoxy) is 1. The Morgan fingerprint density at radius 2 is 1.85 bits per heavy atom. The molecule has 0 saturated carbocycles. The van der Waals surface area contributed by atoms with Crippen LogP contribution in [-0.2, 0) is 17.2 Å². The van der Waals surface area contributed by atoms with E-state index in [0.29, 0.717) is 11.4 Å². The molecule has 4 heteroatoms. The van der Waals surface area contributed by atoms with Gasteiger partial charge < -0.3 is 10.5 Å². The van der Waals surface area contributed by atoms with E-state index in [9.17, 15) is 4.21 Å². The Balaban J connectivity index is 2.02. The predicted molar refractivity (Wildman–Crippen MR) is 83.6 cm³/mol. The number of methoxy groups -OCH3 is 1. The van der Waals surface area contributed by atoms with Gasteiger partial charge in [-0.1, -0.05) is 18.2 Å². The molecule has 2 N–H and O–H groups in total. The average molecular weight is 289 g/mol. The van der Waals surface area contributed by atoms with Crippen LogP contribution in [0.15, 0.2) is 47.4 Å². The maximum Gasteiger partial charge on any atom is 0.118 e. The van der Waals surface area contributed by atoms with E-state index in [1.54, 1.807) is 7.11 Å². The summed E-state index contributed by atoms with van der Waals surface area (Å²) < 4.78 is 17.4. The van der Waals surface area contributed by atoms with Crippen molar-refractivity contribution in [1.82, 2.24) is 0 Å². The molecule has 2 aromatic carbocycles. The van der Waals surface area contributed by atoms with Gasteiger partial charge in [-0.3, -0.25) is 4.21 Å². The number of hydrogen-bond donors (Lipinski definition) is 1. The molecule has 0 aliphatic rings. The molecule has 0 aliphatic heterocycles. The molecule has 0 spiro atoms. The summed E-state index contributed by atoms with van der Waals surface area (Å²) in [5.41, 5.74) is 8.71. The monoisotopic (exact) mass is 289 g/mol. The Hall–Kier alpha value is -1.81. The minimum atomic E-state index is -1.07. The van der Waals surface area contributed by atoms with Crippen molar-refractivity contribution < 1.29 is 8.95 Å². The zero-order valence-corrected chi connectivity index (χ0v) is 12.6. The lowest BCUT2D eigenvalue weighted by Gasteiger charge is -2.07. The number of rotatable bonds is 5. The second-order valence-electron chi connectivity index (χ2n) is 4.69. The van der Waals surface area contributed by atoms with Crippen LogP contribution in [0.5, 0.6) is 5.75 Å². The van der Waals surface area contributed by atoms with Crippen LogP contribution in [0.3, 0.4) is 0 Å². The fourth-order valence-electron chi connectivity index (χ4n) is 1.95. The first-order valence-electron chi connectivity index (χ1n) is 6.47. The van der Waals surface area contributed by atoms with Crippen molar-refractivity contribution in [3.63, 3.8) is 0 Å². The van der Waals surface area contributed by atoms with Crippen LogP contribution in [0.2, 0.25) is 0 Å². The van der Waals surface area contributed by atoms with Gasteiger partial charge in [-0.25, -0.2) is 0 Å². The average Bonchev–Trinajstić information content (AvgIpc) is 2.47. The summed E-state index contributed by atoms with van der Waals surface area (Å²) >= 11 is 0. The lowest BCUT2D eigenvalue weighted by atomic mass is 10.2. The fourth-order valence-corrected chi connectivity index (χ4v) is 3.24. The number of hydrogen-bond acceptors (Lipinski definition) is 3. The standard InChI is InChI=1S/C16H19NO2S/c1-12-3-8-15(17)16(11-12)20(18)10-9-13-4-6-14(19-2)7-5-13/h3-8,11H,9-10,17H2,1-2H3. The summed E-state index contributed by atoms with van der Waals surface area (Å²) in [7, 11) is 0.574. The van der Waals surface area contributed by atoms with E-state index in [4.69, 9.17) is 10.5 Å². The van der Waals surface area contributed by atoms with Crippen LogP contribution >= 0.6 is 0 Å². The van der Waals surface area contributed by atoms with Crippen molar-refractivity contribution >= 4 is 16.5 Å². The summed E-state index contributed by atoms with van der Waals surface area (Å²) in [6.45, 7) is 1.98. The van der Waals surface area contributed by atoms with Crippen LogP contribution < -0.4 is 10.5 Å². The van der Waals surface area contributed by atoms with Gasteiger partial charge in [-0.15, -0.1) is 0 Å². The number of aryl methyl sites for hydroxylation is 2. The zero-order valence-electron chi connectivity index (χ0n) is 11.8. The predicted octanol–water partition coefficient (Wildman–Crippen LogP) is 2.94. The Morgan fingerprint density at radius 3 is 2.50 bits per heavy atom. The van der Waals surface area contributed by atoms with Crippen LogP contribution in [0.25, 0.3) is 0 Å². The molecular formula is C16H19NO2S. The molecular weight excluding hydrogens is 270 g/mol. The van der Waals surface area contributed by atoms with Gasteiger partial charge in [-0.2, -0.15) is 0 Å². The van der Waals surface area contributed by atoms with E-state index < -0.39 is 10.8 Å². The first-order valence-corrected chi connectivity index (χ1v) is 7.79. The normalized spacial score (nSPS) is 12.1. The third-order valence-electron chi connectivity index (χ3n) is 3.15. The van der Waals surface area contributed by atoms with E-state index in [1.165, 1.54) is 0 Å². The highest BCUT2D eigenvalue weighted by atomic mass is 32.2. The topological polar surface area (TPSA) is 52.3 Å². The maximum atomic E-state index is 12.3. The van der Waals surface area contributed by atoms with Crippen molar-refractivity contribution in [1.29, 1.82) is 0 Å². The molecule has 3 nitrogen and oxygen atoms in total. The molecule has 0 fully saturated rings. The first-order chi connectivity index (χ1) is 9.60. The molecule has 0 heterocycles. The molecule has 0 aliphatic carbocycles. The van der Waals surface area contributed by atoms with E-state index in [0.717, 1.165) is 28.2 Å². The minimum absolute atomic E-state index is 0.569. The molecule has 1 atom stereocenters. The largest absolute Gasteiger partial charge is 0.497 e. The second-order valence-corrected chi connectivity index (χ2v) is 6.23. The van der Waals surface area contributed by atoms with E-state index in [-0.39, 0.29) is 0 Å². The van der Waals surface area contributed by atoms with Gasteiger partial charge in [0.25, 0.3) is 0 Å². The van der Waals surface area contributed by atoms with Gasteiger partial charge in [0.1, 0.15) is 5.75 Å². The van der Waals surface area contributed by atoms with Crippen LogP contribution in [0.4, 0.5) is 5.69 Å². The molecule has 0 saturated heterocycles. The van der Waals surface area contributed by atoms with Crippen LogP contribution in [0.1, 0.15) is 11.1 Å². The Bertz CT molecular complexity index is 608. The van der Waals surface area contributed by atoms with E-state index in [2.05, 4.69) is 0 Å². The third-order valence-corrected chi connectivity index (χ3v) is 4.57. The highest BCUT2D eigenvalue weighted by Gasteiger charge is 2.08. The lowest BCUT2D eigenvalue weighted by molar-refractivity contribution is 0.414. The van der Waals surface area contributed by atoms with Gasteiger partial charge in [0.05, 0.1) is 22.8 Å². The quantitative estimate of drug-likeness (QED) is 0.861. The molecule has 2 aromatic rings. The van der Waals surface area contributed by atoms with Crippen molar-refractivity contribution in [3.8, 4) is 5.75 Å². The van der Waals surface area contributed by atoms with Gasteiger partial charge in [0, 0.05) is 11.4 Å². The van der Waals surface area contributed by atoms with E-state index in [1.807, 2.05) is 49.4 Å². The fraction of sp³-hybridized carbons (Fsp3) is 0.250. The smallest absolute Gasteiger partial charge is 0.118 e. The molecule has 0 aromatic heterocycles. The van der Waals surface area contributed by atoms with Gasteiger partial charge in [0.2, 0.25) is 0 Å². The summed E-state index contributed by atoms with van der Waals surface area (Å²) in [5.74, 6) is 1.40. The number of nitrogen functional groups attached to an aromatic ring is 1. The number of nitrogens with two attached hydrogens (primary N) is 1. The van der Waals surface area contributed by atoms with Gasteiger partial charge in [0.15, 0.2) is 0 Å².